The summed E-state index contributed by atoms with van der Waals surface area (Å²) in [6.45, 7) is 2.85. The van der Waals surface area contributed by atoms with Crippen molar-refractivity contribution in [2.45, 2.75) is 19.2 Å². The van der Waals surface area contributed by atoms with Crippen LogP contribution in [-0.4, -0.2) is 17.7 Å². The van der Waals surface area contributed by atoms with E-state index in [-0.39, 0.29) is 0 Å². The molecule has 0 unspecified atom stereocenters. The van der Waals surface area contributed by atoms with E-state index in [0.29, 0.717) is 0 Å². The highest BCUT2D eigenvalue weighted by molar-refractivity contribution is 8.38. The largest absolute Gasteiger partial charge is 0.314 e. The van der Waals surface area contributed by atoms with Gasteiger partial charge in [-0.15, -0.1) is 11.8 Å². The van der Waals surface area contributed by atoms with Gasteiger partial charge in [0.15, 0.2) is 0 Å². The molecule has 0 aliphatic carbocycles. The summed E-state index contributed by atoms with van der Waals surface area (Å²) < 4.78 is 1.10. The van der Waals surface area contributed by atoms with Gasteiger partial charge in [-0.3, -0.25) is 4.99 Å². The molecule has 0 fully saturated rings. The number of hydrazine groups is 1. The van der Waals surface area contributed by atoms with Crippen LogP contribution >= 0.6 is 23.5 Å². The molecule has 0 aliphatic heterocycles. The summed E-state index contributed by atoms with van der Waals surface area (Å²) in [7, 11) is 1.88. The molecule has 0 aromatic heterocycles. The van der Waals surface area contributed by atoms with E-state index in [4.69, 9.17) is 10.8 Å². The average molecular weight is 346 g/mol. The summed E-state index contributed by atoms with van der Waals surface area (Å²) >= 11 is 3.47. The second kappa shape index (κ2) is 9.01. The molecule has 0 saturated heterocycles. The maximum absolute atomic E-state index is 5.95. The third kappa shape index (κ3) is 5.30. The second-order valence-corrected chi connectivity index (χ2v) is 7.26. The zero-order valence-corrected chi connectivity index (χ0v) is 15.5. The van der Waals surface area contributed by atoms with Crippen molar-refractivity contribution in [3.63, 3.8) is 0 Å². The van der Waals surface area contributed by atoms with Crippen LogP contribution in [-0.2, 0) is 12.3 Å². The van der Waals surface area contributed by atoms with E-state index in [1.165, 1.54) is 16.7 Å². The molecule has 5 heteroatoms. The molecule has 0 saturated carbocycles. The number of anilines is 1. The van der Waals surface area contributed by atoms with E-state index < -0.39 is 0 Å². The van der Waals surface area contributed by atoms with E-state index in [1.54, 1.807) is 28.5 Å². The van der Waals surface area contributed by atoms with Gasteiger partial charge in [0, 0.05) is 12.8 Å². The molecule has 0 radical (unpaired) electrons. The van der Waals surface area contributed by atoms with Crippen molar-refractivity contribution in [3.8, 4) is 0 Å². The first kappa shape index (κ1) is 17.9. The van der Waals surface area contributed by atoms with Gasteiger partial charge in [0.05, 0.1) is 12.2 Å². The minimum atomic E-state index is 0.724. The Kier molecular flexibility index (Phi) is 7.02. The summed E-state index contributed by atoms with van der Waals surface area (Å²) in [5.74, 6) is 6.82. The van der Waals surface area contributed by atoms with Gasteiger partial charge < -0.3 is 5.01 Å². The Morgan fingerprint density at radius 2 is 1.87 bits per heavy atom. The normalized spacial score (nSPS) is 11.6. The quantitative estimate of drug-likeness (QED) is 0.376. The molecule has 2 aromatic rings. The fourth-order valence-electron chi connectivity index (χ4n) is 2.25. The predicted molar refractivity (Wildman–Crippen MR) is 106 cm³/mol. The molecule has 0 aliphatic rings. The molecular formula is C18H23N3S2. The lowest BCUT2D eigenvalue weighted by Crippen LogP contribution is -2.26. The van der Waals surface area contributed by atoms with Gasteiger partial charge in [0.2, 0.25) is 0 Å². The van der Waals surface area contributed by atoms with Gasteiger partial charge in [0.25, 0.3) is 0 Å². The van der Waals surface area contributed by atoms with Crippen molar-refractivity contribution in [1.29, 1.82) is 0 Å². The molecule has 2 aromatic carbocycles. The highest BCUT2D eigenvalue weighted by Crippen LogP contribution is 2.28. The Morgan fingerprint density at radius 3 is 2.52 bits per heavy atom. The Hall–Kier alpha value is -1.43. The van der Waals surface area contributed by atoms with Crippen LogP contribution < -0.4 is 10.9 Å². The van der Waals surface area contributed by atoms with E-state index in [1.807, 2.05) is 31.3 Å². The molecule has 0 amide bonds. The van der Waals surface area contributed by atoms with Crippen LogP contribution in [0.4, 0.5) is 5.69 Å². The molecule has 2 N–H and O–H groups in total. The molecule has 0 bridgehead atoms. The summed E-state index contributed by atoms with van der Waals surface area (Å²) in [4.78, 5) is 4.73. The highest BCUT2D eigenvalue weighted by atomic mass is 32.2. The number of aliphatic imine (C=N–C) groups is 1. The third-order valence-electron chi connectivity index (χ3n) is 3.51. The van der Waals surface area contributed by atoms with Crippen LogP contribution in [0.15, 0.2) is 53.5 Å². The smallest absolute Gasteiger partial charge is 0.124 e. The SMILES string of the molecule is CS/C(=N/Cc1ccccc1)SCc1c(C)cccc1N(C)N. The Morgan fingerprint density at radius 1 is 1.13 bits per heavy atom. The molecule has 0 heterocycles. The van der Waals surface area contributed by atoms with Gasteiger partial charge in [-0.1, -0.05) is 54.2 Å². The van der Waals surface area contributed by atoms with Crippen molar-refractivity contribution in [2.24, 2.45) is 10.8 Å². The predicted octanol–water partition coefficient (Wildman–Crippen LogP) is 4.46. The average Bonchev–Trinajstić information content (AvgIpc) is 2.56. The fourth-order valence-corrected chi connectivity index (χ4v) is 3.89. The lowest BCUT2D eigenvalue weighted by atomic mass is 10.1. The molecule has 3 nitrogen and oxygen atoms in total. The zero-order valence-electron chi connectivity index (χ0n) is 13.8. The topological polar surface area (TPSA) is 41.6 Å². The van der Waals surface area contributed by atoms with Crippen molar-refractivity contribution in [2.75, 3.05) is 18.3 Å². The molecule has 2 rings (SSSR count). The number of rotatable bonds is 5. The minimum Gasteiger partial charge on any atom is -0.314 e. The number of hydrogen-bond donors (Lipinski definition) is 1. The Labute approximate surface area is 147 Å². The van der Waals surface area contributed by atoms with E-state index >= 15 is 0 Å². The minimum absolute atomic E-state index is 0.724. The molecular weight excluding hydrogens is 322 g/mol. The van der Waals surface area contributed by atoms with Crippen LogP contribution in [0, 0.1) is 6.92 Å². The Balaban J connectivity index is 2.06. The number of benzene rings is 2. The van der Waals surface area contributed by atoms with Gasteiger partial charge in [-0.25, -0.2) is 5.84 Å². The molecule has 0 spiro atoms. The van der Waals surface area contributed by atoms with Crippen molar-refractivity contribution in [3.05, 3.63) is 65.2 Å². The van der Waals surface area contributed by atoms with Crippen LogP contribution in [0.1, 0.15) is 16.7 Å². The number of aryl methyl sites for hydroxylation is 1. The number of nitrogens with two attached hydrogens (primary N) is 1. The summed E-state index contributed by atoms with van der Waals surface area (Å²) in [5, 5.41) is 1.68. The highest BCUT2D eigenvalue weighted by Gasteiger charge is 2.09. The molecule has 23 heavy (non-hydrogen) atoms. The zero-order chi connectivity index (χ0) is 16.7. The monoisotopic (exact) mass is 345 g/mol. The van der Waals surface area contributed by atoms with E-state index in [9.17, 15) is 0 Å². The Bertz CT molecular complexity index is 655. The first-order valence-electron chi connectivity index (χ1n) is 7.44. The first-order chi connectivity index (χ1) is 11.1. The van der Waals surface area contributed by atoms with Crippen LogP contribution in [0.25, 0.3) is 0 Å². The maximum atomic E-state index is 5.95. The van der Waals surface area contributed by atoms with Crippen molar-refractivity contribution in [1.82, 2.24) is 0 Å². The summed E-state index contributed by atoms with van der Waals surface area (Å²) in [6, 6.07) is 16.6. The third-order valence-corrected chi connectivity index (χ3v) is 5.65. The van der Waals surface area contributed by atoms with Crippen molar-refractivity contribution >= 4 is 33.6 Å². The first-order valence-corrected chi connectivity index (χ1v) is 9.65. The van der Waals surface area contributed by atoms with Gasteiger partial charge in [-0.2, -0.15) is 0 Å². The standard InChI is InChI=1S/C18H23N3S2/c1-14-8-7-11-17(21(2)19)16(14)13-23-18(22-3)20-12-15-9-5-4-6-10-15/h4-11H,12-13,19H2,1-3H3/b20-18-. The molecule has 0 atom stereocenters. The van der Waals surface area contributed by atoms with E-state index in [0.717, 1.165) is 22.4 Å². The number of thioether (sulfide) groups is 2. The van der Waals surface area contributed by atoms with Gasteiger partial charge >= 0.3 is 0 Å². The summed E-state index contributed by atoms with van der Waals surface area (Å²) in [6.07, 6.45) is 2.07. The van der Waals surface area contributed by atoms with Crippen LogP contribution in [0.3, 0.4) is 0 Å². The number of nitrogens with zero attached hydrogens (tertiary/aromatic N) is 2. The lowest BCUT2D eigenvalue weighted by molar-refractivity contribution is 1.00. The fraction of sp³-hybridized carbons (Fsp3) is 0.278. The van der Waals surface area contributed by atoms with E-state index in [2.05, 4.69) is 37.4 Å². The van der Waals surface area contributed by atoms with Gasteiger partial charge in [-0.05, 0) is 35.9 Å². The van der Waals surface area contributed by atoms with Crippen LogP contribution in [0.5, 0.6) is 0 Å². The summed E-state index contributed by atoms with van der Waals surface area (Å²) in [5.41, 5.74) is 4.83. The van der Waals surface area contributed by atoms with Crippen LogP contribution in [0.2, 0.25) is 0 Å². The van der Waals surface area contributed by atoms with Crippen molar-refractivity contribution < 1.29 is 0 Å². The van der Waals surface area contributed by atoms with Gasteiger partial charge in [0.1, 0.15) is 4.38 Å². The maximum Gasteiger partial charge on any atom is 0.124 e. The molecule has 122 valence electrons. The lowest BCUT2D eigenvalue weighted by Gasteiger charge is -2.18. The second-order valence-electron chi connectivity index (χ2n) is 5.24. The number of hydrogen-bond acceptors (Lipinski definition) is 5.